The highest BCUT2D eigenvalue weighted by Gasteiger charge is 2.57. The van der Waals surface area contributed by atoms with Gasteiger partial charge in [-0.25, -0.2) is 0 Å². The fraction of sp³-hybridized carbons (Fsp3) is 0.556. The summed E-state index contributed by atoms with van der Waals surface area (Å²) in [5.74, 6) is -0.784. The van der Waals surface area contributed by atoms with Crippen molar-refractivity contribution in [1.82, 2.24) is 24.7 Å². The zero-order valence-electron chi connectivity index (χ0n) is 21.0. The van der Waals surface area contributed by atoms with Crippen molar-refractivity contribution in [3.63, 3.8) is 0 Å². The van der Waals surface area contributed by atoms with E-state index in [1.807, 2.05) is 25.1 Å². The van der Waals surface area contributed by atoms with Gasteiger partial charge in [-0.1, -0.05) is 0 Å². The topological polar surface area (TPSA) is 108 Å². The lowest BCUT2D eigenvalue weighted by molar-refractivity contribution is -0.137. The maximum absolute atomic E-state index is 13.6. The van der Waals surface area contributed by atoms with Crippen LogP contribution in [0.1, 0.15) is 37.4 Å². The van der Waals surface area contributed by atoms with Crippen LogP contribution in [0.25, 0.3) is 11.1 Å². The van der Waals surface area contributed by atoms with E-state index in [0.29, 0.717) is 30.1 Å². The molecule has 5 rings (SSSR count). The first-order valence-corrected chi connectivity index (χ1v) is 12.9. The summed E-state index contributed by atoms with van der Waals surface area (Å²) in [7, 11) is 3.98. The number of carbonyl (C=O) groups is 2. The number of aliphatic hydroxyl groups excluding tert-OH is 1. The Morgan fingerprint density at radius 3 is 2.58 bits per heavy atom. The van der Waals surface area contributed by atoms with Gasteiger partial charge in [-0.3, -0.25) is 19.4 Å². The van der Waals surface area contributed by atoms with Gasteiger partial charge in [-0.05, 0) is 75.6 Å². The van der Waals surface area contributed by atoms with Crippen LogP contribution in [0, 0.1) is 17.8 Å². The molecule has 2 bridgehead atoms. The summed E-state index contributed by atoms with van der Waals surface area (Å²) >= 11 is 0. The summed E-state index contributed by atoms with van der Waals surface area (Å²) in [4.78, 5) is 48.5. The molecule has 2 aromatic heterocycles. The molecule has 1 saturated carbocycles. The fourth-order valence-electron chi connectivity index (χ4n) is 5.90. The van der Waals surface area contributed by atoms with Crippen molar-refractivity contribution >= 4 is 11.8 Å². The molecule has 4 atom stereocenters. The van der Waals surface area contributed by atoms with Crippen LogP contribution in [0.4, 0.5) is 0 Å². The molecule has 0 aromatic carbocycles. The lowest BCUT2D eigenvalue weighted by Gasteiger charge is -2.38. The molecule has 36 heavy (non-hydrogen) atoms. The van der Waals surface area contributed by atoms with Gasteiger partial charge in [0.2, 0.25) is 11.8 Å². The lowest BCUT2D eigenvalue weighted by Crippen LogP contribution is -2.49. The Labute approximate surface area is 211 Å². The van der Waals surface area contributed by atoms with Crippen LogP contribution in [0.2, 0.25) is 0 Å². The third kappa shape index (κ3) is 4.57. The summed E-state index contributed by atoms with van der Waals surface area (Å²) in [6.45, 7) is 1.43. The molecule has 2 aliphatic heterocycles. The molecular weight excluding hydrogens is 458 g/mol. The van der Waals surface area contributed by atoms with Gasteiger partial charge in [-0.2, -0.15) is 0 Å². The number of carbonyl (C=O) groups excluding carboxylic acids is 2. The van der Waals surface area contributed by atoms with Crippen molar-refractivity contribution in [3.05, 3.63) is 52.7 Å². The number of rotatable bonds is 9. The summed E-state index contributed by atoms with van der Waals surface area (Å²) in [6, 6.07) is 6.29. The first-order valence-electron chi connectivity index (χ1n) is 12.9. The third-order valence-corrected chi connectivity index (χ3v) is 7.87. The maximum Gasteiger partial charge on any atom is 0.258 e. The first-order chi connectivity index (χ1) is 17.4. The molecule has 3 aliphatic rings. The van der Waals surface area contributed by atoms with Gasteiger partial charge in [0.05, 0.1) is 18.0 Å². The van der Waals surface area contributed by atoms with Crippen LogP contribution < -0.4 is 10.9 Å². The summed E-state index contributed by atoms with van der Waals surface area (Å²) in [5, 5.41) is 13.5. The number of aliphatic hydroxyl groups is 1. The molecule has 2 fully saturated rings. The van der Waals surface area contributed by atoms with Crippen LogP contribution in [-0.2, 0) is 16.1 Å². The normalized spacial score (nSPS) is 24.6. The molecule has 9 nitrogen and oxygen atoms in total. The van der Waals surface area contributed by atoms with Crippen LogP contribution in [0.15, 0.2) is 41.5 Å². The van der Waals surface area contributed by atoms with Crippen molar-refractivity contribution in [1.29, 1.82) is 0 Å². The number of nitrogens with zero attached hydrogens (tertiary/aromatic N) is 4. The zero-order chi connectivity index (χ0) is 25.4. The molecule has 0 radical (unpaired) electrons. The Morgan fingerprint density at radius 1 is 1.17 bits per heavy atom. The van der Waals surface area contributed by atoms with Crippen molar-refractivity contribution in [3.8, 4) is 11.1 Å². The van der Waals surface area contributed by atoms with Gasteiger partial charge in [0, 0.05) is 55.7 Å². The second kappa shape index (κ2) is 10.1. The van der Waals surface area contributed by atoms with E-state index in [9.17, 15) is 19.5 Å². The van der Waals surface area contributed by atoms with Gasteiger partial charge >= 0.3 is 0 Å². The molecule has 2 N–H and O–H groups in total. The quantitative estimate of drug-likeness (QED) is 0.510. The SMILES string of the molecule is CN(C)CCCNC(=O)[C@H]1[C@H](CO)[C@H]2Cn3c(ccc(-c4ccncc4)c3=O)[C@@H]1N2C(=O)CC1CC1. The molecule has 4 heterocycles. The molecule has 2 aromatic rings. The average molecular weight is 494 g/mol. The zero-order valence-corrected chi connectivity index (χ0v) is 21.0. The average Bonchev–Trinajstić information content (AvgIpc) is 3.64. The molecule has 192 valence electrons. The summed E-state index contributed by atoms with van der Waals surface area (Å²) < 4.78 is 1.72. The lowest BCUT2D eigenvalue weighted by atomic mass is 9.86. The van der Waals surface area contributed by atoms with Crippen LogP contribution in [-0.4, -0.2) is 76.1 Å². The Kier molecular flexibility index (Phi) is 6.94. The minimum Gasteiger partial charge on any atom is -0.396 e. The highest BCUT2D eigenvalue weighted by molar-refractivity contribution is 5.84. The van der Waals surface area contributed by atoms with Crippen molar-refractivity contribution < 1.29 is 14.7 Å². The van der Waals surface area contributed by atoms with Crippen molar-refractivity contribution in [2.24, 2.45) is 17.8 Å². The number of fused-ring (bicyclic) bond motifs is 4. The van der Waals surface area contributed by atoms with E-state index < -0.39 is 23.9 Å². The van der Waals surface area contributed by atoms with E-state index in [4.69, 9.17) is 0 Å². The summed E-state index contributed by atoms with van der Waals surface area (Å²) in [5.41, 5.74) is 1.86. The van der Waals surface area contributed by atoms with Crippen LogP contribution in [0.5, 0.6) is 0 Å². The number of nitrogens with one attached hydrogen (secondary N) is 1. The van der Waals surface area contributed by atoms with Gasteiger partial charge in [0.25, 0.3) is 5.56 Å². The molecule has 9 heteroatoms. The number of aromatic nitrogens is 2. The monoisotopic (exact) mass is 493 g/mol. The van der Waals surface area contributed by atoms with E-state index in [2.05, 4.69) is 15.2 Å². The van der Waals surface area contributed by atoms with Crippen LogP contribution >= 0.6 is 0 Å². The Hall–Kier alpha value is -3.04. The van der Waals surface area contributed by atoms with Crippen molar-refractivity contribution in [2.75, 3.05) is 33.8 Å². The van der Waals surface area contributed by atoms with E-state index in [-0.39, 0.29) is 30.5 Å². The first kappa shape index (κ1) is 24.6. The largest absolute Gasteiger partial charge is 0.396 e. The highest BCUT2D eigenvalue weighted by Crippen LogP contribution is 2.49. The van der Waals surface area contributed by atoms with Gasteiger partial charge in [-0.15, -0.1) is 0 Å². The molecule has 2 amide bonds. The second-order valence-electron chi connectivity index (χ2n) is 10.6. The standard InChI is InChI=1S/C27H35N5O4/c1-30(2)13-3-10-29-26(35)24-20(16-33)22-15-31-21(25(24)32(22)23(34)14-17-4-5-17)7-6-19(27(31)36)18-8-11-28-12-9-18/h6-9,11-12,17,20,22,24-25,33H,3-5,10,13-16H2,1-2H3,(H,29,35)/t20-,22-,24+,25+/m1/s1. The fourth-order valence-corrected chi connectivity index (χ4v) is 5.90. The molecule has 0 spiro atoms. The Bertz CT molecular complexity index is 1180. The number of amides is 2. The Morgan fingerprint density at radius 2 is 1.92 bits per heavy atom. The maximum atomic E-state index is 13.6. The number of hydrogen-bond acceptors (Lipinski definition) is 6. The van der Waals surface area contributed by atoms with Crippen molar-refractivity contribution in [2.45, 2.75) is 44.3 Å². The molecule has 0 unspecified atom stereocenters. The number of hydrogen-bond donors (Lipinski definition) is 2. The third-order valence-electron chi connectivity index (χ3n) is 7.87. The van der Waals surface area contributed by atoms with Gasteiger partial charge in [0.15, 0.2) is 0 Å². The predicted molar refractivity (Wildman–Crippen MR) is 135 cm³/mol. The minimum atomic E-state index is -0.609. The van der Waals surface area contributed by atoms with E-state index >= 15 is 0 Å². The second-order valence-corrected chi connectivity index (χ2v) is 10.6. The number of pyridine rings is 2. The van der Waals surface area contributed by atoms with Gasteiger partial charge < -0.3 is 24.8 Å². The van der Waals surface area contributed by atoms with E-state index in [1.54, 1.807) is 35.2 Å². The predicted octanol–water partition coefficient (Wildman–Crippen LogP) is 1.27. The van der Waals surface area contributed by atoms with E-state index in [1.165, 1.54) is 0 Å². The Balaban J connectivity index is 1.51. The molecular formula is C27H35N5O4. The minimum absolute atomic E-state index is 0.0192. The van der Waals surface area contributed by atoms with Crippen LogP contribution in [0.3, 0.4) is 0 Å². The smallest absolute Gasteiger partial charge is 0.258 e. The summed E-state index contributed by atoms with van der Waals surface area (Å²) in [6.07, 6.45) is 6.68. The molecule has 1 saturated heterocycles. The van der Waals surface area contributed by atoms with Gasteiger partial charge in [0.1, 0.15) is 0 Å². The highest BCUT2D eigenvalue weighted by atomic mass is 16.3. The van der Waals surface area contributed by atoms with E-state index in [0.717, 1.165) is 31.4 Å². The molecule has 1 aliphatic carbocycles.